The summed E-state index contributed by atoms with van der Waals surface area (Å²) in [4.78, 5) is 48.8. The zero-order valence-corrected chi connectivity index (χ0v) is 19.6. The van der Waals surface area contributed by atoms with Gasteiger partial charge < -0.3 is 37.0 Å². The van der Waals surface area contributed by atoms with Crippen LogP contribution >= 0.6 is 11.8 Å². The van der Waals surface area contributed by atoms with Crippen LogP contribution in [0.1, 0.15) is 25.8 Å². The van der Waals surface area contributed by atoms with Crippen LogP contribution in [0.25, 0.3) is 0 Å². The summed E-state index contributed by atoms with van der Waals surface area (Å²) in [6, 6.07) is 1.49. The quantitative estimate of drug-likeness (QED) is 0.183. The number of carboxylic acids is 1. The Morgan fingerprint density at radius 3 is 2.12 bits per heavy atom. The van der Waals surface area contributed by atoms with E-state index in [0.717, 1.165) is 0 Å². The van der Waals surface area contributed by atoms with Gasteiger partial charge in [0.15, 0.2) is 0 Å². The van der Waals surface area contributed by atoms with Crippen molar-refractivity contribution in [3.05, 3.63) is 29.8 Å². The highest BCUT2D eigenvalue weighted by molar-refractivity contribution is 7.98. The predicted molar refractivity (Wildman–Crippen MR) is 124 cm³/mol. The van der Waals surface area contributed by atoms with Gasteiger partial charge in [0.2, 0.25) is 17.7 Å². The summed E-state index contributed by atoms with van der Waals surface area (Å²) in [6.45, 7) is 2.60. The molecule has 0 heterocycles. The predicted octanol–water partition coefficient (Wildman–Crippen LogP) is -1.05. The second kappa shape index (κ2) is 13.7. The van der Waals surface area contributed by atoms with E-state index in [1.807, 2.05) is 6.26 Å². The lowest BCUT2D eigenvalue weighted by Gasteiger charge is -2.26. The number of amides is 3. The molecule has 5 atom stereocenters. The molecule has 0 aromatic heterocycles. The summed E-state index contributed by atoms with van der Waals surface area (Å²) in [5.41, 5.74) is 6.61. The molecule has 0 aliphatic heterocycles. The van der Waals surface area contributed by atoms with Crippen molar-refractivity contribution < 1.29 is 34.5 Å². The van der Waals surface area contributed by atoms with Crippen molar-refractivity contribution >= 4 is 35.5 Å². The number of carboxylic acid groups (broad SMARTS) is 1. The molecule has 3 amide bonds. The van der Waals surface area contributed by atoms with Crippen molar-refractivity contribution in [2.75, 3.05) is 12.0 Å². The molecule has 5 unspecified atom stereocenters. The lowest BCUT2D eigenvalue weighted by Crippen LogP contribution is -2.59. The molecular weight excluding hydrogens is 452 g/mol. The Balaban J connectivity index is 2.84. The van der Waals surface area contributed by atoms with Crippen LogP contribution in [0.3, 0.4) is 0 Å². The maximum Gasteiger partial charge on any atom is 0.325 e. The van der Waals surface area contributed by atoms with E-state index in [0.29, 0.717) is 11.3 Å². The van der Waals surface area contributed by atoms with Gasteiger partial charge in [0.05, 0.1) is 12.1 Å². The van der Waals surface area contributed by atoms with Gasteiger partial charge in [-0.2, -0.15) is 11.8 Å². The summed E-state index contributed by atoms with van der Waals surface area (Å²) in [7, 11) is 0. The van der Waals surface area contributed by atoms with Crippen LogP contribution in [0.15, 0.2) is 24.3 Å². The fourth-order valence-electron chi connectivity index (χ4n) is 2.79. The van der Waals surface area contributed by atoms with Crippen LogP contribution in [-0.4, -0.2) is 81.3 Å². The van der Waals surface area contributed by atoms with Crippen LogP contribution in [0.4, 0.5) is 0 Å². The number of benzene rings is 1. The summed E-state index contributed by atoms with van der Waals surface area (Å²) in [5.74, 6) is -2.83. The lowest BCUT2D eigenvalue weighted by atomic mass is 10.0. The van der Waals surface area contributed by atoms with Gasteiger partial charge in [-0.25, -0.2) is 0 Å². The lowest BCUT2D eigenvalue weighted by molar-refractivity contribution is -0.142. The standard InChI is InChI=1S/C21H32N4O7S/c1-11(21(31)32)23-19(29)16(8-9-33-3)24-20(30)17(12(2)26)25-18(28)15(22)10-13-4-6-14(27)7-5-13/h4-7,11-12,15-17,26-27H,8-10,22H2,1-3H3,(H,23,29)(H,24,30)(H,25,28)(H,31,32). The second-order valence-corrected chi connectivity index (χ2v) is 8.60. The molecule has 12 heteroatoms. The van der Waals surface area contributed by atoms with Crippen molar-refractivity contribution in [3.63, 3.8) is 0 Å². The van der Waals surface area contributed by atoms with Gasteiger partial charge in [-0.15, -0.1) is 0 Å². The van der Waals surface area contributed by atoms with E-state index in [4.69, 9.17) is 10.8 Å². The van der Waals surface area contributed by atoms with Crippen molar-refractivity contribution in [3.8, 4) is 5.75 Å². The third kappa shape index (κ3) is 9.68. The van der Waals surface area contributed by atoms with Gasteiger partial charge >= 0.3 is 5.97 Å². The third-order valence-electron chi connectivity index (χ3n) is 4.76. The monoisotopic (exact) mass is 484 g/mol. The number of aliphatic carboxylic acids is 1. The molecule has 0 spiro atoms. The molecule has 8 N–H and O–H groups in total. The number of rotatable bonds is 13. The topological polar surface area (TPSA) is 191 Å². The number of carbonyl (C=O) groups excluding carboxylic acids is 3. The fourth-order valence-corrected chi connectivity index (χ4v) is 3.26. The first-order valence-corrected chi connectivity index (χ1v) is 11.7. The Labute approximate surface area is 196 Å². The van der Waals surface area contributed by atoms with Crippen LogP contribution in [-0.2, 0) is 25.6 Å². The van der Waals surface area contributed by atoms with Gasteiger partial charge in [-0.1, -0.05) is 12.1 Å². The molecule has 1 aromatic rings. The molecule has 0 bridgehead atoms. The van der Waals surface area contributed by atoms with E-state index in [2.05, 4.69) is 16.0 Å². The van der Waals surface area contributed by atoms with E-state index < -0.39 is 54.0 Å². The maximum absolute atomic E-state index is 12.8. The minimum absolute atomic E-state index is 0.0698. The summed E-state index contributed by atoms with van der Waals surface area (Å²) in [6.07, 6.45) is 0.861. The summed E-state index contributed by atoms with van der Waals surface area (Å²) < 4.78 is 0. The minimum Gasteiger partial charge on any atom is -0.508 e. The Kier molecular flexibility index (Phi) is 11.7. The Morgan fingerprint density at radius 1 is 1.00 bits per heavy atom. The first-order valence-electron chi connectivity index (χ1n) is 10.3. The Bertz CT molecular complexity index is 819. The highest BCUT2D eigenvalue weighted by Crippen LogP contribution is 2.11. The number of nitrogens with one attached hydrogen (secondary N) is 3. The fraction of sp³-hybridized carbons (Fsp3) is 0.524. The number of phenols is 1. The van der Waals surface area contributed by atoms with Crippen molar-refractivity contribution in [1.29, 1.82) is 0 Å². The largest absolute Gasteiger partial charge is 0.508 e. The maximum atomic E-state index is 12.8. The number of aliphatic hydroxyl groups is 1. The summed E-state index contributed by atoms with van der Waals surface area (Å²) in [5, 5.41) is 35.6. The highest BCUT2D eigenvalue weighted by atomic mass is 32.2. The van der Waals surface area contributed by atoms with Crippen LogP contribution in [0, 0.1) is 0 Å². The van der Waals surface area contributed by atoms with Gasteiger partial charge in [0.25, 0.3) is 0 Å². The molecule has 11 nitrogen and oxygen atoms in total. The average molecular weight is 485 g/mol. The number of thioether (sulfide) groups is 1. The number of phenolic OH excluding ortho intramolecular Hbond substituents is 1. The molecule has 1 aromatic carbocycles. The van der Waals surface area contributed by atoms with Gasteiger partial charge in [-0.05, 0) is 56.4 Å². The number of hydrogen-bond donors (Lipinski definition) is 7. The SMILES string of the molecule is CSCCC(NC(=O)C(NC(=O)C(N)Cc1ccc(O)cc1)C(C)O)C(=O)NC(C)C(=O)O. The number of carbonyl (C=O) groups is 4. The van der Waals surface area contributed by atoms with E-state index in [-0.39, 0.29) is 18.6 Å². The zero-order chi connectivity index (χ0) is 25.1. The van der Waals surface area contributed by atoms with Gasteiger partial charge in [0.1, 0.15) is 23.9 Å². The Morgan fingerprint density at radius 2 is 1.61 bits per heavy atom. The molecule has 0 fully saturated rings. The molecule has 1 rings (SSSR count). The van der Waals surface area contributed by atoms with E-state index in [9.17, 15) is 29.4 Å². The van der Waals surface area contributed by atoms with E-state index >= 15 is 0 Å². The smallest absolute Gasteiger partial charge is 0.325 e. The molecule has 184 valence electrons. The molecule has 0 saturated carbocycles. The number of hydrogen-bond acceptors (Lipinski definition) is 8. The van der Waals surface area contributed by atoms with E-state index in [1.165, 1.54) is 37.7 Å². The first-order chi connectivity index (χ1) is 15.5. The molecule has 33 heavy (non-hydrogen) atoms. The molecule has 0 aliphatic rings. The third-order valence-corrected chi connectivity index (χ3v) is 5.41. The number of nitrogens with two attached hydrogens (primary N) is 1. The van der Waals surface area contributed by atoms with Crippen LogP contribution in [0.2, 0.25) is 0 Å². The van der Waals surface area contributed by atoms with Crippen LogP contribution < -0.4 is 21.7 Å². The van der Waals surface area contributed by atoms with E-state index in [1.54, 1.807) is 12.1 Å². The molecular formula is C21H32N4O7S. The molecule has 0 saturated heterocycles. The Hall–Kier alpha value is -2.83. The first kappa shape index (κ1) is 28.2. The molecule has 0 aliphatic carbocycles. The normalized spacial score (nSPS) is 15.4. The zero-order valence-electron chi connectivity index (χ0n) is 18.8. The van der Waals surface area contributed by atoms with Crippen molar-refractivity contribution in [2.24, 2.45) is 5.73 Å². The summed E-state index contributed by atoms with van der Waals surface area (Å²) >= 11 is 1.43. The van der Waals surface area contributed by atoms with Gasteiger partial charge in [-0.3, -0.25) is 19.2 Å². The minimum atomic E-state index is -1.38. The van der Waals surface area contributed by atoms with Crippen molar-refractivity contribution in [2.45, 2.75) is 57.0 Å². The van der Waals surface area contributed by atoms with Gasteiger partial charge in [0, 0.05) is 0 Å². The second-order valence-electron chi connectivity index (χ2n) is 7.62. The average Bonchev–Trinajstić information content (AvgIpc) is 2.75. The van der Waals surface area contributed by atoms with Crippen molar-refractivity contribution in [1.82, 2.24) is 16.0 Å². The molecule has 0 radical (unpaired) electrons. The highest BCUT2D eigenvalue weighted by Gasteiger charge is 2.31. The number of aliphatic hydroxyl groups excluding tert-OH is 1. The number of aromatic hydroxyl groups is 1. The van der Waals surface area contributed by atoms with Crippen LogP contribution in [0.5, 0.6) is 5.75 Å².